The van der Waals surface area contributed by atoms with Crippen LogP contribution in [0.4, 0.5) is 10.1 Å². The molecule has 0 spiro atoms. The van der Waals surface area contributed by atoms with E-state index in [2.05, 4.69) is 5.32 Å². The Hall–Kier alpha value is -2.56. The van der Waals surface area contributed by atoms with Crippen molar-refractivity contribution in [2.75, 3.05) is 11.9 Å². The number of anilines is 1. The number of ether oxygens (including phenoxy) is 2. The molecule has 0 saturated heterocycles. The maximum Gasteiger partial charge on any atom is 0.258 e. The van der Waals surface area contributed by atoms with E-state index in [1.807, 2.05) is 19.9 Å². The Kier molecular flexibility index (Phi) is 4.19. The predicted octanol–water partition coefficient (Wildman–Crippen LogP) is 3.80. The van der Waals surface area contributed by atoms with Gasteiger partial charge >= 0.3 is 0 Å². The fourth-order valence-corrected chi connectivity index (χ4v) is 2.65. The zero-order chi connectivity index (χ0) is 16.4. The van der Waals surface area contributed by atoms with Gasteiger partial charge in [-0.15, -0.1) is 0 Å². The van der Waals surface area contributed by atoms with Crippen LogP contribution in [0.2, 0.25) is 0 Å². The molecule has 23 heavy (non-hydrogen) atoms. The number of benzene rings is 2. The lowest BCUT2D eigenvalue weighted by molar-refractivity contribution is 0.102. The highest BCUT2D eigenvalue weighted by atomic mass is 19.1. The first kappa shape index (κ1) is 15.3. The molecule has 4 nitrogen and oxygen atoms in total. The zero-order valence-corrected chi connectivity index (χ0v) is 13.1. The van der Waals surface area contributed by atoms with Gasteiger partial charge < -0.3 is 14.8 Å². The molecule has 0 aromatic heterocycles. The second-order valence-corrected chi connectivity index (χ2v) is 5.46. The minimum Gasteiger partial charge on any atom is -0.492 e. The highest BCUT2D eigenvalue weighted by molar-refractivity contribution is 6.05. The van der Waals surface area contributed by atoms with Crippen molar-refractivity contribution in [3.05, 3.63) is 53.3 Å². The Morgan fingerprint density at radius 3 is 2.91 bits per heavy atom. The minimum atomic E-state index is -0.561. The molecule has 0 bridgehead atoms. The van der Waals surface area contributed by atoms with Gasteiger partial charge in [0.25, 0.3) is 5.91 Å². The molecule has 0 unspecified atom stereocenters. The van der Waals surface area contributed by atoms with E-state index in [0.717, 1.165) is 17.7 Å². The molecule has 3 rings (SSSR count). The van der Waals surface area contributed by atoms with Gasteiger partial charge in [0.15, 0.2) is 0 Å². The van der Waals surface area contributed by atoms with Crippen molar-refractivity contribution < 1.29 is 18.7 Å². The number of nitrogens with one attached hydrogen (secondary N) is 1. The van der Waals surface area contributed by atoms with E-state index < -0.39 is 11.7 Å². The van der Waals surface area contributed by atoms with Crippen LogP contribution in [0, 0.1) is 5.82 Å². The van der Waals surface area contributed by atoms with Crippen molar-refractivity contribution in [3.8, 4) is 11.5 Å². The van der Waals surface area contributed by atoms with E-state index in [1.54, 1.807) is 18.2 Å². The molecule has 1 amide bonds. The maximum absolute atomic E-state index is 13.7. The maximum atomic E-state index is 13.7. The number of carbonyl (C=O) groups excluding carboxylic acids is 1. The number of hydrogen-bond donors (Lipinski definition) is 1. The van der Waals surface area contributed by atoms with Crippen LogP contribution in [0.25, 0.3) is 0 Å². The van der Waals surface area contributed by atoms with Crippen molar-refractivity contribution >= 4 is 11.6 Å². The lowest BCUT2D eigenvalue weighted by Crippen LogP contribution is -2.14. The first-order valence-corrected chi connectivity index (χ1v) is 7.60. The molecule has 1 aliphatic rings. The molecule has 1 N–H and O–H groups in total. The third-order valence-corrected chi connectivity index (χ3v) is 3.66. The summed E-state index contributed by atoms with van der Waals surface area (Å²) in [6.07, 6.45) is 0.897. The molecule has 5 heteroatoms. The third-order valence-electron chi connectivity index (χ3n) is 3.66. The predicted molar refractivity (Wildman–Crippen MR) is 85.8 cm³/mol. The summed E-state index contributed by atoms with van der Waals surface area (Å²) in [6.45, 7) is 4.32. The average Bonchev–Trinajstić information content (AvgIpc) is 2.87. The van der Waals surface area contributed by atoms with Gasteiger partial charge in [-0.3, -0.25) is 4.79 Å². The van der Waals surface area contributed by atoms with Gasteiger partial charge in [0.05, 0.1) is 17.9 Å². The van der Waals surface area contributed by atoms with Crippen molar-refractivity contribution in [1.82, 2.24) is 0 Å². The van der Waals surface area contributed by atoms with Gasteiger partial charge in [0, 0.05) is 18.1 Å². The SMILES string of the molecule is CCOc1cc2c(cc1NC(=O)c1ccccc1F)O[C@H](C)C2. The highest BCUT2D eigenvalue weighted by Gasteiger charge is 2.23. The van der Waals surface area contributed by atoms with Crippen LogP contribution in [-0.2, 0) is 6.42 Å². The molecule has 0 radical (unpaired) electrons. The van der Waals surface area contributed by atoms with Gasteiger partial charge in [0.1, 0.15) is 23.4 Å². The first-order chi connectivity index (χ1) is 11.1. The molecular formula is C18H18FNO3. The lowest BCUT2D eigenvalue weighted by atomic mass is 10.1. The summed E-state index contributed by atoms with van der Waals surface area (Å²) in [5.41, 5.74) is 1.52. The Balaban J connectivity index is 1.91. The zero-order valence-electron chi connectivity index (χ0n) is 13.1. The molecule has 2 aromatic carbocycles. The van der Waals surface area contributed by atoms with E-state index in [9.17, 15) is 9.18 Å². The van der Waals surface area contributed by atoms with Crippen molar-refractivity contribution in [2.45, 2.75) is 26.4 Å². The van der Waals surface area contributed by atoms with Crippen molar-refractivity contribution in [2.24, 2.45) is 0 Å². The van der Waals surface area contributed by atoms with Crippen LogP contribution < -0.4 is 14.8 Å². The molecule has 0 aliphatic carbocycles. The Bertz CT molecular complexity index is 745. The van der Waals surface area contributed by atoms with E-state index in [4.69, 9.17) is 9.47 Å². The second kappa shape index (κ2) is 6.28. The molecule has 0 saturated carbocycles. The minimum absolute atomic E-state index is 0.00951. The van der Waals surface area contributed by atoms with Crippen molar-refractivity contribution in [1.29, 1.82) is 0 Å². The van der Waals surface area contributed by atoms with Crippen LogP contribution >= 0.6 is 0 Å². The van der Waals surface area contributed by atoms with Gasteiger partial charge in [-0.05, 0) is 32.0 Å². The Morgan fingerprint density at radius 1 is 1.39 bits per heavy atom. The molecule has 0 fully saturated rings. The summed E-state index contributed by atoms with van der Waals surface area (Å²) in [5, 5.41) is 2.71. The smallest absolute Gasteiger partial charge is 0.258 e. The van der Waals surface area contributed by atoms with Crippen LogP contribution in [0.1, 0.15) is 29.8 Å². The summed E-state index contributed by atoms with van der Waals surface area (Å²) in [5.74, 6) is 0.211. The number of carbonyl (C=O) groups is 1. The van der Waals surface area contributed by atoms with Gasteiger partial charge in [-0.1, -0.05) is 12.1 Å². The van der Waals surface area contributed by atoms with E-state index in [-0.39, 0.29) is 11.7 Å². The standard InChI is InChI=1S/C18H18FNO3/c1-3-22-17-9-12-8-11(2)23-16(12)10-15(17)20-18(21)13-6-4-5-7-14(13)19/h4-7,9-11H,3,8H2,1-2H3,(H,20,21)/t11-/m1/s1. The molecule has 1 atom stereocenters. The van der Waals surface area contributed by atoms with E-state index in [0.29, 0.717) is 18.0 Å². The third kappa shape index (κ3) is 3.13. The Morgan fingerprint density at radius 2 is 2.17 bits per heavy atom. The summed E-state index contributed by atoms with van der Waals surface area (Å²) >= 11 is 0. The molecule has 1 aliphatic heterocycles. The highest BCUT2D eigenvalue weighted by Crippen LogP contribution is 2.38. The number of fused-ring (bicyclic) bond motifs is 1. The van der Waals surface area contributed by atoms with E-state index in [1.165, 1.54) is 12.1 Å². The van der Waals surface area contributed by atoms with Crippen molar-refractivity contribution in [3.63, 3.8) is 0 Å². The van der Waals surface area contributed by atoms with Gasteiger partial charge in [-0.25, -0.2) is 4.39 Å². The van der Waals surface area contributed by atoms with Crippen LogP contribution in [0.3, 0.4) is 0 Å². The number of hydrogen-bond acceptors (Lipinski definition) is 3. The normalized spacial score (nSPS) is 15.7. The monoisotopic (exact) mass is 315 g/mol. The summed E-state index contributed by atoms with van der Waals surface area (Å²) in [7, 11) is 0. The lowest BCUT2D eigenvalue weighted by Gasteiger charge is -2.13. The quantitative estimate of drug-likeness (QED) is 0.933. The Labute approximate surface area is 134 Å². The number of amides is 1. The molecule has 120 valence electrons. The molecule has 1 heterocycles. The van der Waals surface area contributed by atoms with Crippen LogP contribution in [0.5, 0.6) is 11.5 Å². The summed E-state index contributed by atoms with van der Waals surface area (Å²) in [4.78, 5) is 12.3. The first-order valence-electron chi connectivity index (χ1n) is 7.60. The fraction of sp³-hybridized carbons (Fsp3) is 0.278. The fourth-order valence-electron chi connectivity index (χ4n) is 2.65. The molecule has 2 aromatic rings. The number of rotatable bonds is 4. The topological polar surface area (TPSA) is 47.6 Å². The molecular weight excluding hydrogens is 297 g/mol. The average molecular weight is 315 g/mol. The van der Waals surface area contributed by atoms with E-state index >= 15 is 0 Å². The number of halogens is 1. The second-order valence-electron chi connectivity index (χ2n) is 5.46. The summed E-state index contributed by atoms with van der Waals surface area (Å²) < 4.78 is 25.1. The largest absolute Gasteiger partial charge is 0.492 e. The van der Waals surface area contributed by atoms with Gasteiger partial charge in [0.2, 0.25) is 0 Å². The van der Waals surface area contributed by atoms with Crippen LogP contribution in [0.15, 0.2) is 36.4 Å². The van der Waals surface area contributed by atoms with Gasteiger partial charge in [-0.2, -0.15) is 0 Å². The summed E-state index contributed by atoms with van der Waals surface area (Å²) in [6, 6.07) is 9.47. The van der Waals surface area contributed by atoms with Crippen LogP contribution in [-0.4, -0.2) is 18.6 Å².